The Labute approximate surface area is 114 Å². The quantitative estimate of drug-likeness (QED) is 0.939. The van der Waals surface area contributed by atoms with E-state index in [1.807, 2.05) is 6.07 Å². The molecule has 94 valence electrons. The summed E-state index contributed by atoms with van der Waals surface area (Å²) in [4.78, 5) is 14.8. The molecule has 0 fully saturated rings. The van der Waals surface area contributed by atoms with Gasteiger partial charge in [0, 0.05) is 18.8 Å². The van der Waals surface area contributed by atoms with Crippen molar-refractivity contribution < 1.29 is 9.90 Å². The molecule has 6 heteroatoms. The molecule has 0 unspecified atom stereocenters. The van der Waals surface area contributed by atoms with Gasteiger partial charge >= 0.3 is 5.97 Å². The van der Waals surface area contributed by atoms with Crippen LogP contribution in [0.25, 0.3) is 0 Å². The highest BCUT2D eigenvalue weighted by atomic mass is 35.5. The summed E-state index contributed by atoms with van der Waals surface area (Å²) < 4.78 is 1.57. The van der Waals surface area contributed by atoms with E-state index in [-0.39, 0.29) is 6.54 Å². The molecule has 0 spiro atoms. The number of aromatic nitrogens is 2. The zero-order chi connectivity index (χ0) is 13.1. The van der Waals surface area contributed by atoms with Crippen LogP contribution in [0.4, 0.5) is 0 Å². The van der Waals surface area contributed by atoms with E-state index in [0.717, 1.165) is 5.56 Å². The molecular weight excluding hydrogens is 275 g/mol. The molecule has 0 amide bonds. The molecule has 0 saturated carbocycles. The Morgan fingerprint density at radius 3 is 2.89 bits per heavy atom. The molecule has 4 nitrogen and oxygen atoms in total. The van der Waals surface area contributed by atoms with E-state index < -0.39 is 5.97 Å². The predicted molar refractivity (Wildman–Crippen MR) is 69.1 cm³/mol. The Morgan fingerprint density at radius 1 is 1.39 bits per heavy atom. The van der Waals surface area contributed by atoms with Crippen molar-refractivity contribution in [3.05, 3.63) is 52.0 Å². The molecule has 1 aromatic carbocycles. The number of carbonyl (C=O) groups is 1. The summed E-state index contributed by atoms with van der Waals surface area (Å²) in [6.07, 6.45) is 3.64. The molecule has 1 N–H and O–H groups in total. The first-order chi connectivity index (χ1) is 8.58. The van der Waals surface area contributed by atoms with E-state index in [2.05, 4.69) is 4.98 Å². The Morgan fingerprint density at radius 2 is 2.17 bits per heavy atom. The normalized spacial score (nSPS) is 10.6. The van der Waals surface area contributed by atoms with Crippen molar-refractivity contribution in [3.8, 4) is 0 Å². The maximum Gasteiger partial charge on any atom is 0.323 e. The fourth-order valence-corrected chi connectivity index (χ4v) is 2.04. The van der Waals surface area contributed by atoms with Crippen molar-refractivity contribution in [1.29, 1.82) is 0 Å². The molecule has 0 aliphatic carbocycles. The van der Waals surface area contributed by atoms with Crippen LogP contribution < -0.4 is 0 Å². The van der Waals surface area contributed by atoms with Crippen LogP contribution in [0.1, 0.15) is 11.4 Å². The first-order valence-corrected chi connectivity index (χ1v) is 5.98. The third-order valence-electron chi connectivity index (χ3n) is 2.49. The largest absolute Gasteiger partial charge is 0.480 e. The second kappa shape index (κ2) is 5.42. The highest BCUT2D eigenvalue weighted by Crippen LogP contribution is 2.26. The SMILES string of the molecule is O=C(O)Cn1ccnc1Cc1cccc(Cl)c1Cl. The van der Waals surface area contributed by atoms with Gasteiger partial charge in [0.1, 0.15) is 12.4 Å². The minimum absolute atomic E-state index is 0.118. The van der Waals surface area contributed by atoms with Crippen molar-refractivity contribution in [3.63, 3.8) is 0 Å². The third-order valence-corrected chi connectivity index (χ3v) is 3.35. The van der Waals surface area contributed by atoms with Crippen molar-refractivity contribution >= 4 is 29.2 Å². The van der Waals surface area contributed by atoms with E-state index in [1.165, 1.54) is 0 Å². The number of carboxylic acid groups (broad SMARTS) is 1. The fraction of sp³-hybridized carbons (Fsp3) is 0.167. The van der Waals surface area contributed by atoms with Gasteiger partial charge in [0.15, 0.2) is 0 Å². The van der Waals surface area contributed by atoms with Gasteiger partial charge in [-0.05, 0) is 11.6 Å². The van der Waals surface area contributed by atoms with Crippen LogP contribution in [0.5, 0.6) is 0 Å². The number of aliphatic carboxylic acids is 1. The Kier molecular flexibility index (Phi) is 3.89. The summed E-state index contributed by atoms with van der Waals surface area (Å²) in [6, 6.07) is 5.35. The Hall–Kier alpha value is -1.52. The maximum atomic E-state index is 10.7. The molecule has 18 heavy (non-hydrogen) atoms. The highest BCUT2D eigenvalue weighted by molar-refractivity contribution is 6.42. The van der Waals surface area contributed by atoms with Gasteiger partial charge in [-0.2, -0.15) is 0 Å². The van der Waals surface area contributed by atoms with Crippen molar-refractivity contribution in [2.45, 2.75) is 13.0 Å². The second-order valence-corrected chi connectivity index (χ2v) is 4.54. The number of hydrogen-bond donors (Lipinski definition) is 1. The Bertz CT molecular complexity index is 581. The summed E-state index contributed by atoms with van der Waals surface area (Å²) >= 11 is 12.0. The summed E-state index contributed by atoms with van der Waals surface area (Å²) in [6.45, 7) is -0.118. The molecule has 0 bridgehead atoms. The molecule has 0 aliphatic heterocycles. The molecular formula is C12H10Cl2N2O2. The summed E-state index contributed by atoms with van der Waals surface area (Å²) in [5, 5.41) is 9.73. The standard InChI is InChI=1S/C12H10Cl2N2O2/c13-9-3-1-2-8(12(9)14)6-10-15-4-5-16(10)7-11(17)18/h1-5H,6-7H2,(H,17,18). The maximum absolute atomic E-state index is 10.7. The Balaban J connectivity index is 2.26. The average Bonchev–Trinajstić information content (AvgIpc) is 2.72. The number of nitrogens with zero attached hydrogens (tertiary/aromatic N) is 2. The zero-order valence-corrected chi connectivity index (χ0v) is 10.8. The van der Waals surface area contributed by atoms with Gasteiger partial charge in [0.05, 0.1) is 10.0 Å². The van der Waals surface area contributed by atoms with Gasteiger partial charge in [-0.3, -0.25) is 4.79 Å². The molecule has 0 saturated heterocycles. The molecule has 2 aromatic rings. The lowest BCUT2D eigenvalue weighted by atomic mass is 10.1. The lowest BCUT2D eigenvalue weighted by Gasteiger charge is -2.07. The van der Waals surface area contributed by atoms with E-state index in [1.54, 1.807) is 29.1 Å². The van der Waals surface area contributed by atoms with E-state index in [0.29, 0.717) is 22.3 Å². The van der Waals surface area contributed by atoms with Gasteiger partial charge in [0.2, 0.25) is 0 Å². The average molecular weight is 285 g/mol. The molecule has 0 atom stereocenters. The number of rotatable bonds is 4. The van der Waals surface area contributed by atoms with Gasteiger partial charge < -0.3 is 9.67 Å². The molecule has 2 rings (SSSR count). The minimum Gasteiger partial charge on any atom is -0.480 e. The van der Waals surface area contributed by atoms with Gasteiger partial charge in [-0.15, -0.1) is 0 Å². The van der Waals surface area contributed by atoms with Crippen molar-refractivity contribution in [2.75, 3.05) is 0 Å². The van der Waals surface area contributed by atoms with Crippen LogP contribution in [0.2, 0.25) is 10.0 Å². The van der Waals surface area contributed by atoms with Crippen LogP contribution in [-0.4, -0.2) is 20.6 Å². The monoisotopic (exact) mass is 284 g/mol. The minimum atomic E-state index is -0.911. The first kappa shape index (κ1) is 12.9. The van der Waals surface area contributed by atoms with Crippen LogP contribution in [0.3, 0.4) is 0 Å². The molecule has 0 radical (unpaired) electrons. The predicted octanol–water partition coefficient (Wildman–Crippen LogP) is 2.87. The van der Waals surface area contributed by atoms with Gasteiger partial charge in [-0.25, -0.2) is 4.98 Å². The topological polar surface area (TPSA) is 55.1 Å². The van der Waals surface area contributed by atoms with Crippen LogP contribution in [0.15, 0.2) is 30.6 Å². The summed E-state index contributed by atoms with van der Waals surface area (Å²) in [5.41, 5.74) is 0.821. The highest BCUT2D eigenvalue weighted by Gasteiger charge is 2.10. The van der Waals surface area contributed by atoms with Crippen LogP contribution >= 0.6 is 23.2 Å². The van der Waals surface area contributed by atoms with Crippen LogP contribution in [-0.2, 0) is 17.8 Å². The van der Waals surface area contributed by atoms with E-state index in [4.69, 9.17) is 28.3 Å². The number of benzene rings is 1. The lowest BCUT2D eigenvalue weighted by Crippen LogP contribution is -2.11. The summed E-state index contributed by atoms with van der Waals surface area (Å²) in [5.74, 6) is -0.270. The lowest BCUT2D eigenvalue weighted by molar-refractivity contribution is -0.137. The van der Waals surface area contributed by atoms with Crippen molar-refractivity contribution in [2.24, 2.45) is 0 Å². The smallest absolute Gasteiger partial charge is 0.323 e. The van der Waals surface area contributed by atoms with Crippen molar-refractivity contribution in [1.82, 2.24) is 9.55 Å². The first-order valence-electron chi connectivity index (χ1n) is 5.22. The number of carboxylic acids is 1. The van der Waals surface area contributed by atoms with Gasteiger partial charge in [0.25, 0.3) is 0 Å². The number of halogens is 2. The van der Waals surface area contributed by atoms with Crippen LogP contribution in [0, 0.1) is 0 Å². The molecule has 1 heterocycles. The summed E-state index contributed by atoms with van der Waals surface area (Å²) in [7, 11) is 0. The van der Waals surface area contributed by atoms with Gasteiger partial charge in [-0.1, -0.05) is 35.3 Å². The third kappa shape index (κ3) is 2.83. The molecule has 0 aliphatic rings. The molecule has 1 aromatic heterocycles. The number of imidazole rings is 1. The van der Waals surface area contributed by atoms with E-state index in [9.17, 15) is 4.79 Å². The zero-order valence-electron chi connectivity index (χ0n) is 9.31. The fourth-order valence-electron chi connectivity index (χ4n) is 1.65. The van der Waals surface area contributed by atoms with E-state index >= 15 is 0 Å². The number of hydrogen-bond acceptors (Lipinski definition) is 2. The second-order valence-electron chi connectivity index (χ2n) is 3.75.